The first kappa shape index (κ1) is 10.6. The number of carboxylic acid groups (broad SMARTS) is 1. The molecular formula is C9H13N3O2. The van der Waals surface area contributed by atoms with E-state index in [0.717, 1.165) is 5.69 Å². The van der Waals surface area contributed by atoms with Crippen LogP contribution in [0.25, 0.3) is 0 Å². The molecule has 0 fully saturated rings. The van der Waals surface area contributed by atoms with Gasteiger partial charge in [-0.05, 0) is 13.8 Å². The Labute approximate surface area is 82.2 Å². The molecule has 0 spiro atoms. The monoisotopic (exact) mass is 195 g/mol. The van der Waals surface area contributed by atoms with Crippen molar-refractivity contribution >= 4 is 5.97 Å². The molecule has 1 aromatic heterocycles. The van der Waals surface area contributed by atoms with Crippen LogP contribution < -0.4 is 5.32 Å². The summed E-state index contributed by atoms with van der Waals surface area (Å²) >= 11 is 0. The first-order valence-corrected chi connectivity index (χ1v) is 4.36. The van der Waals surface area contributed by atoms with Crippen molar-refractivity contribution in [3.8, 4) is 0 Å². The van der Waals surface area contributed by atoms with Crippen molar-refractivity contribution in [1.82, 2.24) is 15.3 Å². The maximum atomic E-state index is 10.6. The lowest BCUT2D eigenvalue weighted by atomic mass is 10.2. The fourth-order valence-electron chi connectivity index (χ4n) is 1.07. The van der Waals surface area contributed by atoms with E-state index in [1.807, 2.05) is 6.92 Å². The van der Waals surface area contributed by atoms with Crippen molar-refractivity contribution in [2.24, 2.45) is 0 Å². The van der Waals surface area contributed by atoms with Crippen molar-refractivity contribution in [3.63, 3.8) is 0 Å². The molecule has 0 aliphatic carbocycles. The highest BCUT2D eigenvalue weighted by molar-refractivity contribution is 5.72. The summed E-state index contributed by atoms with van der Waals surface area (Å²) in [5, 5.41) is 11.6. The molecule has 0 saturated heterocycles. The van der Waals surface area contributed by atoms with Crippen LogP contribution in [0.2, 0.25) is 0 Å². The molecule has 0 radical (unpaired) electrons. The number of hydrogen-bond donors (Lipinski definition) is 2. The van der Waals surface area contributed by atoms with Crippen LogP contribution in [-0.4, -0.2) is 27.1 Å². The molecule has 2 unspecified atom stereocenters. The standard InChI is InChI=1S/C9H13N3O2/c1-6(12-7(2)9(13)14)8-5-10-3-4-11-8/h3-7,12H,1-2H3,(H,13,14). The molecule has 1 aromatic rings. The first-order valence-electron chi connectivity index (χ1n) is 4.36. The van der Waals surface area contributed by atoms with Gasteiger partial charge < -0.3 is 5.11 Å². The molecule has 0 amide bonds. The lowest BCUT2D eigenvalue weighted by molar-refractivity contribution is -0.139. The van der Waals surface area contributed by atoms with Crippen LogP contribution in [0.15, 0.2) is 18.6 Å². The van der Waals surface area contributed by atoms with Crippen LogP contribution in [0, 0.1) is 0 Å². The minimum Gasteiger partial charge on any atom is -0.480 e. The third-order valence-electron chi connectivity index (χ3n) is 1.90. The zero-order chi connectivity index (χ0) is 10.6. The van der Waals surface area contributed by atoms with Gasteiger partial charge >= 0.3 is 5.97 Å². The normalized spacial score (nSPS) is 14.7. The Morgan fingerprint density at radius 3 is 2.71 bits per heavy atom. The van der Waals surface area contributed by atoms with Crippen molar-refractivity contribution in [3.05, 3.63) is 24.3 Å². The van der Waals surface area contributed by atoms with E-state index in [-0.39, 0.29) is 6.04 Å². The Bertz CT molecular complexity index is 302. The number of nitrogens with zero attached hydrogens (tertiary/aromatic N) is 2. The van der Waals surface area contributed by atoms with E-state index in [1.54, 1.807) is 25.5 Å². The van der Waals surface area contributed by atoms with Crippen LogP contribution >= 0.6 is 0 Å². The van der Waals surface area contributed by atoms with Crippen molar-refractivity contribution in [2.75, 3.05) is 0 Å². The highest BCUT2D eigenvalue weighted by Crippen LogP contribution is 2.07. The summed E-state index contributed by atoms with van der Waals surface area (Å²) in [5.74, 6) is -0.874. The van der Waals surface area contributed by atoms with Gasteiger partial charge in [-0.25, -0.2) is 0 Å². The van der Waals surface area contributed by atoms with E-state index in [2.05, 4.69) is 15.3 Å². The van der Waals surface area contributed by atoms with E-state index < -0.39 is 12.0 Å². The molecule has 14 heavy (non-hydrogen) atoms. The summed E-state index contributed by atoms with van der Waals surface area (Å²) in [6, 6.07) is -0.707. The van der Waals surface area contributed by atoms with Crippen LogP contribution in [0.1, 0.15) is 25.6 Å². The fraction of sp³-hybridized carbons (Fsp3) is 0.444. The molecule has 0 aromatic carbocycles. The molecule has 5 heteroatoms. The topological polar surface area (TPSA) is 75.1 Å². The number of rotatable bonds is 4. The molecule has 5 nitrogen and oxygen atoms in total. The SMILES string of the molecule is CC(NC(C)c1cnccn1)C(=O)O. The summed E-state index contributed by atoms with van der Waals surface area (Å²) in [4.78, 5) is 18.5. The maximum Gasteiger partial charge on any atom is 0.320 e. The second kappa shape index (κ2) is 4.66. The van der Waals surface area contributed by atoms with Crippen LogP contribution in [0.4, 0.5) is 0 Å². The van der Waals surface area contributed by atoms with Gasteiger partial charge in [0, 0.05) is 24.6 Å². The van der Waals surface area contributed by atoms with Gasteiger partial charge in [0.2, 0.25) is 0 Å². The third kappa shape index (κ3) is 2.77. The molecule has 0 saturated carbocycles. The van der Waals surface area contributed by atoms with E-state index in [4.69, 9.17) is 5.11 Å². The largest absolute Gasteiger partial charge is 0.480 e. The molecule has 0 aliphatic rings. The lowest BCUT2D eigenvalue weighted by Crippen LogP contribution is -2.35. The van der Waals surface area contributed by atoms with Crippen LogP contribution in [0.3, 0.4) is 0 Å². The minimum atomic E-state index is -0.874. The van der Waals surface area contributed by atoms with Gasteiger partial charge in [0.15, 0.2) is 0 Å². The number of aliphatic carboxylic acids is 1. The second-order valence-electron chi connectivity index (χ2n) is 3.08. The number of carboxylic acids is 1. The highest BCUT2D eigenvalue weighted by Gasteiger charge is 2.15. The van der Waals surface area contributed by atoms with Gasteiger partial charge in [-0.3, -0.25) is 20.1 Å². The Hall–Kier alpha value is -1.49. The molecule has 2 atom stereocenters. The minimum absolute atomic E-state index is 0.116. The number of hydrogen-bond acceptors (Lipinski definition) is 4. The Morgan fingerprint density at radius 1 is 1.50 bits per heavy atom. The summed E-state index contributed by atoms with van der Waals surface area (Å²) < 4.78 is 0. The van der Waals surface area contributed by atoms with Crippen molar-refractivity contribution in [1.29, 1.82) is 0 Å². The molecule has 2 N–H and O–H groups in total. The maximum absolute atomic E-state index is 10.6. The van der Waals surface area contributed by atoms with E-state index in [1.165, 1.54) is 0 Å². The zero-order valence-electron chi connectivity index (χ0n) is 8.14. The Kier molecular flexibility index (Phi) is 3.53. The third-order valence-corrected chi connectivity index (χ3v) is 1.90. The molecule has 1 rings (SSSR count). The zero-order valence-corrected chi connectivity index (χ0v) is 8.14. The quantitative estimate of drug-likeness (QED) is 0.735. The van der Waals surface area contributed by atoms with E-state index in [0.29, 0.717) is 0 Å². The van der Waals surface area contributed by atoms with Gasteiger partial charge in [-0.1, -0.05) is 0 Å². The summed E-state index contributed by atoms with van der Waals surface area (Å²) in [5.41, 5.74) is 0.737. The number of aromatic nitrogens is 2. The number of carbonyl (C=O) groups is 1. The van der Waals surface area contributed by atoms with Crippen LogP contribution in [0.5, 0.6) is 0 Å². The first-order chi connectivity index (χ1) is 6.61. The van der Waals surface area contributed by atoms with Gasteiger partial charge in [0.1, 0.15) is 6.04 Å². The van der Waals surface area contributed by atoms with Crippen molar-refractivity contribution < 1.29 is 9.90 Å². The Balaban J connectivity index is 2.59. The fourth-order valence-corrected chi connectivity index (χ4v) is 1.07. The lowest BCUT2D eigenvalue weighted by Gasteiger charge is -2.15. The Morgan fingerprint density at radius 2 is 2.21 bits per heavy atom. The molecule has 76 valence electrons. The predicted molar refractivity (Wildman–Crippen MR) is 50.7 cm³/mol. The number of nitrogens with one attached hydrogen (secondary N) is 1. The average Bonchev–Trinajstić information content (AvgIpc) is 2.19. The van der Waals surface area contributed by atoms with Gasteiger partial charge in [-0.2, -0.15) is 0 Å². The summed E-state index contributed by atoms with van der Waals surface area (Å²) in [7, 11) is 0. The van der Waals surface area contributed by atoms with Gasteiger partial charge in [0.05, 0.1) is 5.69 Å². The smallest absolute Gasteiger partial charge is 0.320 e. The van der Waals surface area contributed by atoms with Gasteiger partial charge in [0.25, 0.3) is 0 Å². The molecule has 0 bridgehead atoms. The van der Waals surface area contributed by atoms with Crippen molar-refractivity contribution in [2.45, 2.75) is 25.9 Å². The summed E-state index contributed by atoms with van der Waals surface area (Å²) in [6.45, 7) is 3.44. The predicted octanol–water partition coefficient (Wildman–Crippen LogP) is 0.600. The molecular weight excluding hydrogens is 182 g/mol. The summed E-state index contributed by atoms with van der Waals surface area (Å²) in [6.07, 6.45) is 4.78. The molecule has 0 aliphatic heterocycles. The van der Waals surface area contributed by atoms with Gasteiger partial charge in [-0.15, -0.1) is 0 Å². The average molecular weight is 195 g/mol. The highest BCUT2D eigenvalue weighted by atomic mass is 16.4. The van der Waals surface area contributed by atoms with E-state index in [9.17, 15) is 4.79 Å². The van der Waals surface area contributed by atoms with E-state index >= 15 is 0 Å². The van der Waals surface area contributed by atoms with Crippen LogP contribution in [-0.2, 0) is 4.79 Å². The second-order valence-corrected chi connectivity index (χ2v) is 3.08. The molecule has 1 heterocycles.